The first-order valence-electron chi connectivity index (χ1n) is 6.11. The van der Waals surface area contributed by atoms with Crippen LogP contribution in [0.25, 0.3) is 0 Å². The molecule has 0 fully saturated rings. The minimum absolute atomic E-state index is 0.0617. The van der Waals surface area contributed by atoms with Crippen molar-refractivity contribution in [3.63, 3.8) is 0 Å². The van der Waals surface area contributed by atoms with Gasteiger partial charge in [0, 0.05) is 18.0 Å². The van der Waals surface area contributed by atoms with Crippen molar-refractivity contribution < 1.29 is 4.79 Å². The molecule has 1 atom stereocenters. The van der Waals surface area contributed by atoms with E-state index in [1.165, 1.54) is 6.92 Å². The Hall–Kier alpha value is -1.88. The lowest BCUT2D eigenvalue weighted by Crippen LogP contribution is -2.09. The second-order valence-electron chi connectivity index (χ2n) is 4.47. The second kappa shape index (κ2) is 5.84. The van der Waals surface area contributed by atoms with Gasteiger partial charge in [-0.2, -0.15) is 0 Å². The molecule has 2 aromatic rings. The second-order valence-corrected chi connectivity index (χ2v) is 5.32. The maximum Gasteiger partial charge on any atom is 0.221 e. The highest BCUT2D eigenvalue weighted by Gasteiger charge is 2.08. The number of nitrogens with zero attached hydrogens (tertiary/aromatic N) is 1. The molecule has 0 saturated heterocycles. The lowest BCUT2D eigenvalue weighted by atomic mass is 10.1. The summed E-state index contributed by atoms with van der Waals surface area (Å²) in [4.78, 5) is 15.4. The van der Waals surface area contributed by atoms with Crippen molar-refractivity contribution in [1.82, 2.24) is 4.98 Å². The Balaban J connectivity index is 2.10. The Bertz CT molecular complexity index is 580. The van der Waals surface area contributed by atoms with Crippen molar-refractivity contribution in [2.24, 2.45) is 0 Å². The normalized spacial score (nSPS) is 11.9. The zero-order valence-corrected chi connectivity index (χ0v) is 12.0. The molecule has 1 aromatic heterocycles. The molecule has 0 bridgehead atoms. The number of benzene rings is 1. The summed E-state index contributed by atoms with van der Waals surface area (Å²) in [5, 5.41) is 9.07. The number of carbonyl (C=O) groups excluding carboxylic acids is 1. The van der Waals surface area contributed by atoms with E-state index in [9.17, 15) is 4.79 Å². The standard InChI is InChI=1S/C14H17N3OS/c1-9-8-19-14(15-9)16-10(2)12-5-4-6-13(7-12)17-11(3)18/h4-8,10H,1-3H3,(H,15,16)(H,17,18). The van der Waals surface area contributed by atoms with Crippen LogP contribution < -0.4 is 10.6 Å². The average molecular weight is 275 g/mol. The van der Waals surface area contributed by atoms with Gasteiger partial charge in [0.1, 0.15) is 0 Å². The summed E-state index contributed by atoms with van der Waals surface area (Å²) in [6.45, 7) is 5.56. The first-order chi connectivity index (χ1) is 9.04. The van der Waals surface area contributed by atoms with Crippen molar-refractivity contribution in [3.8, 4) is 0 Å². The number of hydrogen-bond donors (Lipinski definition) is 2. The number of carbonyl (C=O) groups is 1. The molecule has 0 aliphatic rings. The van der Waals surface area contributed by atoms with Gasteiger partial charge in [-0.15, -0.1) is 11.3 Å². The number of rotatable bonds is 4. The molecular formula is C14H17N3OS. The molecule has 0 saturated carbocycles. The van der Waals surface area contributed by atoms with E-state index in [4.69, 9.17) is 0 Å². The molecule has 5 heteroatoms. The molecule has 1 amide bonds. The van der Waals surface area contributed by atoms with E-state index in [1.54, 1.807) is 11.3 Å². The predicted molar refractivity (Wildman–Crippen MR) is 79.6 cm³/mol. The lowest BCUT2D eigenvalue weighted by Gasteiger charge is -2.14. The summed E-state index contributed by atoms with van der Waals surface area (Å²) in [6, 6.07) is 7.96. The molecule has 4 nitrogen and oxygen atoms in total. The van der Waals surface area contributed by atoms with E-state index in [1.807, 2.05) is 36.6 Å². The number of aryl methyl sites for hydroxylation is 1. The van der Waals surface area contributed by atoms with Gasteiger partial charge < -0.3 is 10.6 Å². The average Bonchev–Trinajstić information content (AvgIpc) is 2.74. The van der Waals surface area contributed by atoms with Crippen molar-refractivity contribution in [3.05, 3.63) is 40.9 Å². The number of thiazole rings is 1. The third kappa shape index (κ3) is 3.79. The van der Waals surface area contributed by atoms with Crippen LogP contribution in [0, 0.1) is 6.92 Å². The number of hydrogen-bond acceptors (Lipinski definition) is 4. The molecule has 2 rings (SSSR count). The highest BCUT2D eigenvalue weighted by atomic mass is 32.1. The summed E-state index contributed by atoms with van der Waals surface area (Å²) in [7, 11) is 0. The Labute approximate surface area is 116 Å². The van der Waals surface area contributed by atoms with Crippen molar-refractivity contribution in [2.45, 2.75) is 26.8 Å². The van der Waals surface area contributed by atoms with Gasteiger partial charge in [0.2, 0.25) is 5.91 Å². The van der Waals surface area contributed by atoms with Gasteiger partial charge in [-0.25, -0.2) is 4.98 Å². The van der Waals surface area contributed by atoms with E-state index in [0.29, 0.717) is 0 Å². The highest BCUT2D eigenvalue weighted by molar-refractivity contribution is 7.13. The van der Waals surface area contributed by atoms with Crippen LogP contribution in [0.5, 0.6) is 0 Å². The Morgan fingerprint density at radius 3 is 2.84 bits per heavy atom. The molecule has 1 unspecified atom stereocenters. The molecule has 0 radical (unpaired) electrons. The highest BCUT2D eigenvalue weighted by Crippen LogP contribution is 2.23. The van der Waals surface area contributed by atoms with E-state index >= 15 is 0 Å². The van der Waals surface area contributed by atoms with Crippen molar-refractivity contribution >= 4 is 28.1 Å². The van der Waals surface area contributed by atoms with E-state index in [-0.39, 0.29) is 11.9 Å². The lowest BCUT2D eigenvalue weighted by molar-refractivity contribution is -0.114. The van der Waals surface area contributed by atoms with Gasteiger partial charge in [-0.3, -0.25) is 4.79 Å². The van der Waals surface area contributed by atoms with Crippen LogP contribution in [0.3, 0.4) is 0 Å². The minimum Gasteiger partial charge on any atom is -0.355 e. The maximum atomic E-state index is 11.1. The monoisotopic (exact) mass is 275 g/mol. The largest absolute Gasteiger partial charge is 0.355 e. The summed E-state index contributed by atoms with van der Waals surface area (Å²) >= 11 is 1.60. The molecule has 2 N–H and O–H groups in total. The summed E-state index contributed by atoms with van der Waals surface area (Å²) < 4.78 is 0. The van der Waals surface area contributed by atoms with Crippen LogP contribution in [-0.2, 0) is 4.79 Å². The first kappa shape index (κ1) is 13.5. The van der Waals surface area contributed by atoms with Crippen LogP contribution in [0.15, 0.2) is 29.6 Å². The zero-order valence-electron chi connectivity index (χ0n) is 11.2. The SMILES string of the molecule is CC(=O)Nc1cccc(C(C)Nc2nc(C)cs2)c1. The van der Waals surface area contributed by atoms with Crippen LogP contribution in [0.4, 0.5) is 10.8 Å². The van der Waals surface area contributed by atoms with E-state index < -0.39 is 0 Å². The van der Waals surface area contributed by atoms with Gasteiger partial charge in [0.25, 0.3) is 0 Å². The van der Waals surface area contributed by atoms with Gasteiger partial charge in [0.15, 0.2) is 5.13 Å². The molecule has 0 aliphatic carbocycles. The minimum atomic E-state index is -0.0617. The van der Waals surface area contributed by atoms with Gasteiger partial charge in [-0.05, 0) is 31.5 Å². The van der Waals surface area contributed by atoms with Gasteiger partial charge in [0.05, 0.1) is 11.7 Å². The smallest absolute Gasteiger partial charge is 0.221 e. The molecule has 0 aliphatic heterocycles. The zero-order chi connectivity index (χ0) is 13.8. The summed E-state index contributed by atoms with van der Waals surface area (Å²) in [5.74, 6) is -0.0617. The van der Waals surface area contributed by atoms with Crippen LogP contribution >= 0.6 is 11.3 Å². The fourth-order valence-electron chi connectivity index (χ4n) is 1.78. The number of aromatic nitrogens is 1. The molecular weight excluding hydrogens is 258 g/mol. The van der Waals surface area contributed by atoms with Gasteiger partial charge >= 0.3 is 0 Å². The van der Waals surface area contributed by atoms with Crippen LogP contribution in [0.2, 0.25) is 0 Å². The first-order valence-corrected chi connectivity index (χ1v) is 6.99. The third-order valence-corrected chi connectivity index (χ3v) is 3.56. The Morgan fingerprint density at radius 1 is 1.42 bits per heavy atom. The predicted octanol–water partition coefficient (Wildman–Crippen LogP) is 3.58. The van der Waals surface area contributed by atoms with Gasteiger partial charge in [-0.1, -0.05) is 12.1 Å². The van der Waals surface area contributed by atoms with E-state index in [2.05, 4.69) is 22.5 Å². The molecule has 0 spiro atoms. The molecule has 100 valence electrons. The number of anilines is 2. The fraction of sp³-hybridized carbons (Fsp3) is 0.286. The van der Waals surface area contributed by atoms with Crippen molar-refractivity contribution in [1.29, 1.82) is 0 Å². The summed E-state index contributed by atoms with van der Waals surface area (Å²) in [6.07, 6.45) is 0. The van der Waals surface area contributed by atoms with Crippen molar-refractivity contribution in [2.75, 3.05) is 10.6 Å². The maximum absolute atomic E-state index is 11.1. The Morgan fingerprint density at radius 2 is 2.21 bits per heavy atom. The Kier molecular flexibility index (Phi) is 4.16. The fourth-order valence-corrected chi connectivity index (χ4v) is 2.55. The quantitative estimate of drug-likeness (QED) is 0.896. The van der Waals surface area contributed by atoms with E-state index in [0.717, 1.165) is 22.1 Å². The van der Waals surface area contributed by atoms with Crippen LogP contribution in [-0.4, -0.2) is 10.9 Å². The third-order valence-electron chi connectivity index (χ3n) is 2.67. The molecule has 19 heavy (non-hydrogen) atoms. The number of nitrogens with one attached hydrogen (secondary N) is 2. The molecule has 1 heterocycles. The topological polar surface area (TPSA) is 54.0 Å². The van der Waals surface area contributed by atoms with Crippen LogP contribution in [0.1, 0.15) is 31.1 Å². The number of amides is 1. The summed E-state index contributed by atoms with van der Waals surface area (Å²) in [5.41, 5.74) is 2.94. The molecule has 1 aromatic carbocycles.